The van der Waals surface area contributed by atoms with Crippen molar-refractivity contribution < 1.29 is 22.4 Å². The highest BCUT2D eigenvalue weighted by atomic mass is 79.9. The van der Waals surface area contributed by atoms with Crippen molar-refractivity contribution >= 4 is 43.5 Å². The van der Waals surface area contributed by atoms with E-state index in [9.17, 15) is 22.4 Å². The minimum absolute atomic E-state index is 0.00892. The van der Waals surface area contributed by atoms with Crippen molar-refractivity contribution in [3.05, 3.63) is 58.3 Å². The Bertz CT molecular complexity index is 1070. The van der Waals surface area contributed by atoms with Crippen LogP contribution in [0.2, 0.25) is 0 Å². The molecule has 0 spiro atoms. The Morgan fingerprint density at radius 3 is 2.50 bits per heavy atom. The van der Waals surface area contributed by atoms with Crippen LogP contribution < -0.4 is 5.32 Å². The van der Waals surface area contributed by atoms with Crippen molar-refractivity contribution in [2.24, 2.45) is 0 Å². The number of carbonyl (C=O) groups excluding carboxylic acids is 2. The number of benzene rings is 2. The molecule has 10 heteroatoms. The molecule has 2 aromatic rings. The van der Waals surface area contributed by atoms with E-state index in [4.69, 9.17) is 0 Å². The number of para-hydroxylation sites is 1. The zero-order valence-electron chi connectivity index (χ0n) is 16.3. The first-order chi connectivity index (χ1) is 14.2. The average molecular weight is 498 g/mol. The molecule has 1 fully saturated rings. The molecular weight excluding hydrogens is 477 g/mol. The molecule has 1 N–H and O–H groups in total. The minimum Gasteiger partial charge on any atom is -0.332 e. The van der Waals surface area contributed by atoms with E-state index in [1.54, 1.807) is 24.3 Å². The van der Waals surface area contributed by atoms with Gasteiger partial charge in [-0.15, -0.1) is 0 Å². The molecule has 3 rings (SSSR count). The van der Waals surface area contributed by atoms with Crippen molar-refractivity contribution in [3.63, 3.8) is 0 Å². The number of hydrogen-bond donors (Lipinski definition) is 1. The summed E-state index contributed by atoms with van der Waals surface area (Å²) in [6.07, 6.45) is 1.43. The second kappa shape index (κ2) is 9.23. The quantitative estimate of drug-likeness (QED) is 0.664. The van der Waals surface area contributed by atoms with Crippen LogP contribution in [0.25, 0.3) is 0 Å². The summed E-state index contributed by atoms with van der Waals surface area (Å²) < 4.78 is 41.6. The van der Waals surface area contributed by atoms with Gasteiger partial charge in [-0.2, -0.15) is 4.31 Å². The van der Waals surface area contributed by atoms with E-state index in [-0.39, 0.29) is 12.1 Å². The van der Waals surface area contributed by atoms with Crippen molar-refractivity contribution in [2.45, 2.75) is 17.7 Å². The number of anilines is 1. The van der Waals surface area contributed by atoms with Gasteiger partial charge in [0, 0.05) is 30.2 Å². The van der Waals surface area contributed by atoms with E-state index >= 15 is 0 Å². The summed E-state index contributed by atoms with van der Waals surface area (Å²) in [5, 5.41) is 2.69. The van der Waals surface area contributed by atoms with Gasteiger partial charge in [0.25, 0.3) is 5.91 Å². The Kier molecular flexibility index (Phi) is 6.89. The van der Waals surface area contributed by atoms with Crippen LogP contribution in [0.15, 0.2) is 51.8 Å². The molecule has 0 radical (unpaired) electrons. The van der Waals surface area contributed by atoms with Gasteiger partial charge in [-0.05, 0) is 59.1 Å². The molecule has 1 heterocycles. The second-order valence-electron chi connectivity index (χ2n) is 6.95. The predicted molar refractivity (Wildman–Crippen MR) is 114 cm³/mol. The van der Waals surface area contributed by atoms with Crippen LogP contribution in [0.1, 0.15) is 23.2 Å². The third-order valence-corrected chi connectivity index (χ3v) is 7.34. The largest absolute Gasteiger partial charge is 0.332 e. The summed E-state index contributed by atoms with van der Waals surface area (Å²) in [4.78, 5) is 25.6. The van der Waals surface area contributed by atoms with Crippen LogP contribution >= 0.6 is 15.9 Å². The third-order valence-electron chi connectivity index (χ3n) is 4.74. The Balaban J connectivity index is 1.74. The molecule has 160 valence electrons. The van der Waals surface area contributed by atoms with Crippen molar-refractivity contribution in [3.8, 4) is 0 Å². The van der Waals surface area contributed by atoms with E-state index in [0.29, 0.717) is 23.2 Å². The van der Waals surface area contributed by atoms with Gasteiger partial charge >= 0.3 is 0 Å². The van der Waals surface area contributed by atoms with Crippen LogP contribution in [0, 0.1) is 5.82 Å². The normalized spacial score (nSPS) is 14.5. The van der Waals surface area contributed by atoms with E-state index in [2.05, 4.69) is 21.2 Å². The molecule has 7 nitrogen and oxygen atoms in total. The van der Waals surface area contributed by atoms with Crippen molar-refractivity contribution in [2.75, 3.05) is 32.0 Å². The SMILES string of the molecule is CN(CC(=O)Nc1ccccc1Br)C(=O)c1ccc(F)c(S(=O)(=O)N2CCCC2)c1. The Morgan fingerprint density at radius 2 is 1.83 bits per heavy atom. The molecular formula is C20H21BrFN3O4S. The number of rotatable bonds is 6. The fourth-order valence-electron chi connectivity index (χ4n) is 3.16. The Labute approximate surface area is 183 Å². The lowest BCUT2D eigenvalue weighted by Crippen LogP contribution is -2.35. The van der Waals surface area contributed by atoms with Crippen LogP contribution in [0.5, 0.6) is 0 Å². The van der Waals surface area contributed by atoms with E-state index in [1.165, 1.54) is 17.4 Å². The molecule has 1 aliphatic rings. The molecule has 30 heavy (non-hydrogen) atoms. The number of sulfonamides is 1. The first-order valence-corrected chi connectivity index (χ1v) is 11.5. The monoisotopic (exact) mass is 497 g/mol. The standard InChI is InChI=1S/C20H21BrFN3O4S/c1-24(13-19(26)23-17-7-3-2-6-15(17)21)20(27)14-8-9-16(22)18(12-14)30(28,29)25-10-4-5-11-25/h2-3,6-9,12H,4-5,10-11,13H2,1H3,(H,23,26). The van der Waals surface area contributed by atoms with Gasteiger partial charge < -0.3 is 10.2 Å². The van der Waals surface area contributed by atoms with Gasteiger partial charge in [0.1, 0.15) is 10.7 Å². The topological polar surface area (TPSA) is 86.8 Å². The van der Waals surface area contributed by atoms with Gasteiger partial charge in [-0.25, -0.2) is 12.8 Å². The molecule has 0 bridgehead atoms. The number of amides is 2. The van der Waals surface area contributed by atoms with Gasteiger partial charge in [0.05, 0.1) is 12.2 Å². The van der Waals surface area contributed by atoms with Crippen molar-refractivity contribution in [1.29, 1.82) is 0 Å². The highest BCUT2D eigenvalue weighted by Gasteiger charge is 2.30. The maximum absolute atomic E-state index is 14.3. The molecule has 0 atom stereocenters. The first kappa shape index (κ1) is 22.4. The molecule has 2 amide bonds. The minimum atomic E-state index is -4.02. The van der Waals surface area contributed by atoms with E-state index in [1.807, 2.05) is 0 Å². The van der Waals surface area contributed by atoms with Gasteiger partial charge in [0.15, 0.2) is 0 Å². The zero-order valence-corrected chi connectivity index (χ0v) is 18.7. The lowest BCUT2D eigenvalue weighted by molar-refractivity contribution is -0.116. The summed E-state index contributed by atoms with van der Waals surface area (Å²) in [5.74, 6) is -1.92. The molecule has 0 saturated carbocycles. The van der Waals surface area contributed by atoms with E-state index < -0.39 is 32.6 Å². The lowest BCUT2D eigenvalue weighted by Gasteiger charge is -2.19. The van der Waals surface area contributed by atoms with Crippen LogP contribution in [0.4, 0.5) is 10.1 Å². The highest BCUT2D eigenvalue weighted by molar-refractivity contribution is 9.10. The molecule has 0 aromatic heterocycles. The fraction of sp³-hybridized carbons (Fsp3) is 0.300. The van der Waals surface area contributed by atoms with Crippen molar-refractivity contribution in [1.82, 2.24) is 9.21 Å². The van der Waals surface area contributed by atoms with E-state index in [0.717, 1.165) is 29.9 Å². The zero-order chi connectivity index (χ0) is 21.9. The average Bonchev–Trinajstić information content (AvgIpc) is 3.25. The summed E-state index contributed by atoms with van der Waals surface area (Å²) >= 11 is 3.33. The Morgan fingerprint density at radius 1 is 1.17 bits per heavy atom. The lowest BCUT2D eigenvalue weighted by atomic mass is 10.2. The summed E-state index contributed by atoms with van der Waals surface area (Å²) in [7, 11) is -2.60. The van der Waals surface area contributed by atoms with Gasteiger partial charge in [-0.3, -0.25) is 9.59 Å². The maximum Gasteiger partial charge on any atom is 0.254 e. The maximum atomic E-state index is 14.3. The highest BCUT2D eigenvalue weighted by Crippen LogP contribution is 2.25. The smallest absolute Gasteiger partial charge is 0.254 e. The first-order valence-electron chi connectivity index (χ1n) is 9.29. The fourth-order valence-corrected chi connectivity index (χ4v) is 5.15. The predicted octanol–water partition coefficient (Wildman–Crippen LogP) is 3.08. The molecule has 2 aromatic carbocycles. The number of nitrogens with zero attached hydrogens (tertiary/aromatic N) is 2. The Hall–Kier alpha value is -2.30. The summed E-state index contributed by atoms with van der Waals surface area (Å²) in [6.45, 7) is 0.399. The van der Waals surface area contributed by atoms with Crippen LogP contribution in [-0.4, -0.2) is 56.1 Å². The number of likely N-dealkylation sites (N-methyl/N-ethyl adjacent to an activating group) is 1. The number of halogens is 2. The van der Waals surface area contributed by atoms with Crippen LogP contribution in [-0.2, 0) is 14.8 Å². The van der Waals surface area contributed by atoms with Gasteiger partial charge in [-0.1, -0.05) is 12.1 Å². The third kappa shape index (κ3) is 4.88. The number of hydrogen-bond acceptors (Lipinski definition) is 4. The molecule has 0 aliphatic carbocycles. The second-order valence-corrected chi connectivity index (χ2v) is 9.71. The van der Waals surface area contributed by atoms with Gasteiger partial charge in [0.2, 0.25) is 15.9 Å². The number of carbonyl (C=O) groups is 2. The van der Waals surface area contributed by atoms with Crippen LogP contribution in [0.3, 0.4) is 0 Å². The number of nitrogens with one attached hydrogen (secondary N) is 1. The summed E-state index contributed by atoms with van der Waals surface area (Å²) in [6, 6.07) is 10.2. The molecule has 1 aliphatic heterocycles. The molecule has 0 unspecified atom stereocenters. The summed E-state index contributed by atoms with van der Waals surface area (Å²) in [5.41, 5.74) is 0.550. The molecule has 1 saturated heterocycles.